The van der Waals surface area contributed by atoms with E-state index in [4.69, 9.17) is 0 Å². The molecule has 0 N–H and O–H groups in total. The smallest absolute Gasteiger partial charge is 0.343 e. The van der Waals surface area contributed by atoms with Gasteiger partial charge in [-0.15, -0.1) is 0 Å². The van der Waals surface area contributed by atoms with Gasteiger partial charge >= 0.3 is 18.9 Å². The molecule has 1 aromatic rings. The van der Waals surface area contributed by atoms with Gasteiger partial charge in [-0.05, 0) is 12.8 Å². The van der Waals surface area contributed by atoms with Crippen molar-refractivity contribution in [2.75, 3.05) is 0 Å². The number of hydrogen-bond acceptors (Lipinski definition) is 0. The minimum atomic E-state index is 0. The van der Waals surface area contributed by atoms with Crippen molar-refractivity contribution in [1.29, 1.82) is 0 Å². The van der Waals surface area contributed by atoms with Crippen LogP contribution in [0, 0.1) is 19.8 Å². The third-order valence-electron chi connectivity index (χ3n) is 4.22. The summed E-state index contributed by atoms with van der Waals surface area (Å²) < 4.78 is 0. The van der Waals surface area contributed by atoms with Crippen LogP contribution in [-0.4, -0.2) is 0 Å². The Hall–Kier alpha value is -0.183. The topological polar surface area (TPSA) is 0 Å². The fourth-order valence-corrected chi connectivity index (χ4v) is 2.68. The standard InChI is InChI=1S/C16H33.C7H8.Li/c1-4-5-6-7-8-9-10-11-12-13-14-15-16(2)3;1-7-5-3-2-4-6-7;/h16H,1,4-15H2,2-3H3;2-6H,1H3;/q-1;;+1. The molecule has 0 bridgehead atoms. The molecule has 134 valence electrons. The summed E-state index contributed by atoms with van der Waals surface area (Å²) in [4.78, 5) is 0. The summed E-state index contributed by atoms with van der Waals surface area (Å²) in [5.74, 6) is 0.896. The summed E-state index contributed by atoms with van der Waals surface area (Å²) >= 11 is 0. The van der Waals surface area contributed by atoms with Crippen LogP contribution in [0.4, 0.5) is 0 Å². The van der Waals surface area contributed by atoms with Gasteiger partial charge < -0.3 is 6.92 Å². The van der Waals surface area contributed by atoms with E-state index in [1.54, 1.807) is 0 Å². The van der Waals surface area contributed by atoms with Crippen molar-refractivity contribution < 1.29 is 18.9 Å². The second-order valence-corrected chi connectivity index (χ2v) is 7.23. The predicted molar refractivity (Wildman–Crippen MR) is 107 cm³/mol. The third kappa shape index (κ3) is 21.8. The molecule has 0 saturated heterocycles. The van der Waals surface area contributed by atoms with Gasteiger partial charge in [0.15, 0.2) is 0 Å². The predicted octanol–water partition coefficient (Wildman–Crippen LogP) is 5.16. The zero-order valence-corrected chi connectivity index (χ0v) is 17.2. The molecule has 24 heavy (non-hydrogen) atoms. The zero-order chi connectivity index (χ0) is 17.2. The summed E-state index contributed by atoms with van der Waals surface area (Å²) in [7, 11) is 0. The molecule has 0 aliphatic rings. The first-order chi connectivity index (χ1) is 11.2. The molecule has 0 unspecified atom stereocenters. The van der Waals surface area contributed by atoms with E-state index in [0.717, 1.165) is 12.3 Å². The van der Waals surface area contributed by atoms with Crippen LogP contribution in [0.1, 0.15) is 96.5 Å². The first-order valence-electron chi connectivity index (χ1n) is 9.97. The largest absolute Gasteiger partial charge is 1.00 e. The van der Waals surface area contributed by atoms with E-state index in [1.807, 2.05) is 18.2 Å². The van der Waals surface area contributed by atoms with E-state index >= 15 is 0 Å². The van der Waals surface area contributed by atoms with Crippen molar-refractivity contribution in [1.82, 2.24) is 0 Å². The van der Waals surface area contributed by atoms with Gasteiger partial charge in [0.05, 0.1) is 0 Å². The van der Waals surface area contributed by atoms with Crippen molar-refractivity contribution in [3.63, 3.8) is 0 Å². The normalized spacial score (nSPS) is 10.0. The van der Waals surface area contributed by atoms with Crippen LogP contribution in [0.25, 0.3) is 0 Å². The maximum absolute atomic E-state index is 3.87. The second kappa shape index (κ2) is 20.9. The molecule has 0 aliphatic carbocycles. The van der Waals surface area contributed by atoms with Crippen LogP contribution < -0.4 is 18.9 Å². The Labute approximate surface area is 165 Å². The van der Waals surface area contributed by atoms with E-state index in [1.165, 1.54) is 76.2 Å². The summed E-state index contributed by atoms with van der Waals surface area (Å²) in [5.41, 5.74) is 1.32. The van der Waals surface area contributed by atoms with E-state index in [2.05, 4.69) is 39.8 Å². The molecule has 0 atom stereocenters. The first-order valence-corrected chi connectivity index (χ1v) is 9.97. The fourth-order valence-electron chi connectivity index (χ4n) is 2.68. The molecule has 0 aliphatic heterocycles. The van der Waals surface area contributed by atoms with Gasteiger partial charge in [-0.25, -0.2) is 0 Å². The van der Waals surface area contributed by atoms with Crippen molar-refractivity contribution in [3.8, 4) is 0 Å². The van der Waals surface area contributed by atoms with Gasteiger partial charge in [-0.1, -0.05) is 120 Å². The molecule has 1 rings (SSSR count). The Morgan fingerprint density at radius 3 is 1.46 bits per heavy atom. The zero-order valence-electron chi connectivity index (χ0n) is 17.2. The van der Waals surface area contributed by atoms with Gasteiger partial charge in [0.1, 0.15) is 0 Å². The van der Waals surface area contributed by atoms with E-state index in [9.17, 15) is 0 Å². The van der Waals surface area contributed by atoms with Gasteiger partial charge in [-0.2, -0.15) is 6.42 Å². The number of aryl methyl sites for hydroxylation is 1. The molecule has 0 radical (unpaired) electrons. The molecule has 0 fully saturated rings. The molecular weight excluding hydrogens is 283 g/mol. The van der Waals surface area contributed by atoms with Gasteiger partial charge in [0.25, 0.3) is 0 Å². The Morgan fingerprint density at radius 2 is 1.12 bits per heavy atom. The minimum Gasteiger partial charge on any atom is -0.343 e. The van der Waals surface area contributed by atoms with E-state index in [0.29, 0.717) is 0 Å². The summed E-state index contributed by atoms with van der Waals surface area (Å²) in [6, 6.07) is 10.3. The van der Waals surface area contributed by atoms with Gasteiger partial charge in [0.2, 0.25) is 0 Å². The van der Waals surface area contributed by atoms with Crippen LogP contribution in [-0.2, 0) is 0 Å². The van der Waals surface area contributed by atoms with Crippen LogP contribution in [0.5, 0.6) is 0 Å². The fraction of sp³-hybridized carbons (Fsp3) is 0.696. The Balaban J connectivity index is 0. The third-order valence-corrected chi connectivity index (χ3v) is 4.22. The number of unbranched alkanes of at least 4 members (excludes halogenated alkanes) is 10. The molecule has 0 amide bonds. The molecule has 0 saturated carbocycles. The van der Waals surface area contributed by atoms with Crippen LogP contribution in [0.3, 0.4) is 0 Å². The maximum atomic E-state index is 3.87. The molecule has 0 aromatic heterocycles. The Bertz CT molecular complexity index is 318. The quantitative estimate of drug-likeness (QED) is 0.283. The summed E-state index contributed by atoms with van der Waals surface area (Å²) in [6.45, 7) is 10.6. The minimum absolute atomic E-state index is 0. The van der Waals surface area contributed by atoms with Crippen molar-refractivity contribution in [3.05, 3.63) is 42.8 Å². The van der Waals surface area contributed by atoms with Crippen LogP contribution >= 0.6 is 0 Å². The average Bonchev–Trinajstić information content (AvgIpc) is 2.54. The van der Waals surface area contributed by atoms with Crippen molar-refractivity contribution >= 4 is 0 Å². The number of hydrogen-bond donors (Lipinski definition) is 0. The van der Waals surface area contributed by atoms with E-state index in [-0.39, 0.29) is 18.9 Å². The summed E-state index contributed by atoms with van der Waals surface area (Å²) in [6.07, 6.45) is 16.9. The van der Waals surface area contributed by atoms with E-state index < -0.39 is 0 Å². The van der Waals surface area contributed by atoms with Crippen molar-refractivity contribution in [2.45, 2.75) is 97.8 Å². The molecule has 0 nitrogen and oxygen atoms in total. The Kier molecular flexibility index (Phi) is 22.6. The second-order valence-electron chi connectivity index (χ2n) is 7.23. The molecule has 1 heteroatoms. The van der Waals surface area contributed by atoms with Crippen molar-refractivity contribution in [2.24, 2.45) is 5.92 Å². The number of rotatable bonds is 12. The number of benzene rings is 1. The summed E-state index contributed by atoms with van der Waals surface area (Å²) in [5, 5.41) is 0. The average molecular weight is 325 g/mol. The Morgan fingerprint density at radius 1 is 0.708 bits per heavy atom. The molecule has 0 spiro atoms. The van der Waals surface area contributed by atoms with Gasteiger partial charge in [0, 0.05) is 0 Å². The monoisotopic (exact) mass is 324 g/mol. The SMILES string of the molecule is Cc1ccccc1.[CH2-]CCCCCCCCCCCCC(C)C.[Li+]. The van der Waals surface area contributed by atoms with Crippen LogP contribution in [0.15, 0.2) is 30.3 Å². The molecule has 0 heterocycles. The molecule has 1 aromatic carbocycles. The first kappa shape index (κ1) is 26.1. The maximum Gasteiger partial charge on any atom is 1.00 e. The van der Waals surface area contributed by atoms with Crippen LogP contribution in [0.2, 0.25) is 0 Å². The molecular formula is C23H41Li. The van der Waals surface area contributed by atoms with Gasteiger partial charge in [-0.3, -0.25) is 0 Å².